The minimum atomic E-state index is -0.875. The Morgan fingerprint density at radius 2 is 2.19 bits per heavy atom. The normalized spacial score (nSPS) is 22.2. The number of hydrogen-bond acceptors (Lipinski definition) is 4. The lowest BCUT2D eigenvalue weighted by Crippen LogP contribution is -2.44. The molecule has 5 rings (SSSR count). The molecule has 134 valence electrons. The minimum Gasteiger partial charge on any atom is -0.383 e. The van der Waals surface area contributed by atoms with E-state index >= 15 is 0 Å². The van der Waals surface area contributed by atoms with E-state index in [1.807, 2.05) is 25.1 Å². The molecule has 0 saturated carbocycles. The number of hydrogen-bond donors (Lipinski definition) is 1. The molecule has 3 aromatic rings. The van der Waals surface area contributed by atoms with Gasteiger partial charge in [-0.1, -0.05) is 17.7 Å². The molecule has 1 atom stereocenters. The molecule has 0 radical (unpaired) electrons. The molecule has 0 fully saturated rings. The molecule has 1 aliphatic carbocycles. The first-order chi connectivity index (χ1) is 12.4. The Kier molecular flexibility index (Phi) is 3.45. The van der Waals surface area contributed by atoms with Crippen molar-refractivity contribution < 1.29 is 5.11 Å². The van der Waals surface area contributed by atoms with Crippen molar-refractivity contribution >= 4 is 22.6 Å². The highest BCUT2D eigenvalue weighted by molar-refractivity contribution is 6.31. The fourth-order valence-electron chi connectivity index (χ4n) is 4.43. The maximum atomic E-state index is 11.3. The number of aromatic nitrogens is 3. The van der Waals surface area contributed by atoms with Gasteiger partial charge in [-0.05, 0) is 31.7 Å². The third kappa shape index (κ3) is 2.31. The molecule has 1 aliphatic heterocycles. The van der Waals surface area contributed by atoms with Gasteiger partial charge in [-0.15, -0.1) is 0 Å². The van der Waals surface area contributed by atoms with Gasteiger partial charge < -0.3 is 14.6 Å². The highest BCUT2D eigenvalue weighted by Gasteiger charge is 2.43. The van der Waals surface area contributed by atoms with Crippen molar-refractivity contribution in [2.75, 3.05) is 13.6 Å². The zero-order valence-electron chi connectivity index (χ0n) is 15.0. The van der Waals surface area contributed by atoms with Crippen molar-refractivity contribution in [1.82, 2.24) is 19.4 Å². The molecule has 5 nitrogen and oxygen atoms in total. The standard InChI is InChI=1S/C20H21ClN4O/c1-12-3-4-16-17(23-12)8-20(16,26)11-25-18-5-6-24(2)10-15(18)14-7-13(21)9-22-19(14)25/h3-4,7,9,26H,5-6,8,10-11H2,1-2H3. The summed E-state index contributed by atoms with van der Waals surface area (Å²) in [6.07, 6.45) is 3.24. The van der Waals surface area contributed by atoms with Gasteiger partial charge >= 0.3 is 0 Å². The predicted molar refractivity (Wildman–Crippen MR) is 101 cm³/mol. The predicted octanol–water partition coefficient (Wildman–Crippen LogP) is 2.82. The van der Waals surface area contributed by atoms with E-state index in [4.69, 9.17) is 11.6 Å². The molecule has 4 heterocycles. The van der Waals surface area contributed by atoms with Gasteiger partial charge in [0, 0.05) is 54.5 Å². The van der Waals surface area contributed by atoms with Gasteiger partial charge in [0.05, 0.1) is 17.3 Å². The fourth-order valence-corrected chi connectivity index (χ4v) is 4.59. The minimum absolute atomic E-state index is 0.509. The first-order valence-corrected chi connectivity index (χ1v) is 9.36. The van der Waals surface area contributed by atoms with Crippen molar-refractivity contribution in [3.05, 3.63) is 57.6 Å². The number of likely N-dealkylation sites (N-methyl/N-ethyl adjacent to an activating group) is 1. The lowest BCUT2D eigenvalue weighted by molar-refractivity contribution is -0.00700. The van der Waals surface area contributed by atoms with E-state index in [1.165, 1.54) is 11.3 Å². The zero-order valence-corrected chi connectivity index (χ0v) is 15.7. The summed E-state index contributed by atoms with van der Waals surface area (Å²) in [5.41, 5.74) is 5.55. The second-order valence-electron chi connectivity index (χ2n) is 7.68. The molecule has 1 N–H and O–H groups in total. The number of rotatable bonds is 2. The van der Waals surface area contributed by atoms with E-state index in [-0.39, 0.29) is 0 Å². The molecule has 1 unspecified atom stereocenters. The lowest BCUT2D eigenvalue weighted by Gasteiger charge is -2.39. The van der Waals surface area contributed by atoms with Crippen molar-refractivity contribution in [3.63, 3.8) is 0 Å². The molecule has 0 spiro atoms. The average Bonchev–Trinajstić information content (AvgIpc) is 2.87. The molecule has 0 amide bonds. The molecule has 6 heteroatoms. The van der Waals surface area contributed by atoms with E-state index in [9.17, 15) is 5.11 Å². The first-order valence-electron chi connectivity index (χ1n) is 8.98. The van der Waals surface area contributed by atoms with Crippen LogP contribution >= 0.6 is 11.6 Å². The molecular formula is C20H21ClN4O. The summed E-state index contributed by atoms with van der Waals surface area (Å²) in [5.74, 6) is 0. The highest BCUT2D eigenvalue weighted by Crippen LogP contribution is 2.41. The van der Waals surface area contributed by atoms with E-state index in [2.05, 4.69) is 26.5 Å². The van der Waals surface area contributed by atoms with Gasteiger partial charge in [0.1, 0.15) is 11.2 Å². The van der Waals surface area contributed by atoms with Crippen LogP contribution in [0.25, 0.3) is 11.0 Å². The maximum Gasteiger partial charge on any atom is 0.140 e. The number of nitrogens with zero attached hydrogens (tertiary/aromatic N) is 4. The third-order valence-corrected chi connectivity index (χ3v) is 5.95. The second-order valence-corrected chi connectivity index (χ2v) is 8.12. The number of aryl methyl sites for hydroxylation is 1. The van der Waals surface area contributed by atoms with Gasteiger partial charge in [0.2, 0.25) is 0 Å². The van der Waals surface area contributed by atoms with Crippen LogP contribution in [0.5, 0.6) is 0 Å². The second kappa shape index (κ2) is 5.52. The van der Waals surface area contributed by atoms with Crippen LogP contribution in [0.15, 0.2) is 24.4 Å². The summed E-state index contributed by atoms with van der Waals surface area (Å²) in [6.45, 7) is 4.38. The molecule has 3 aromatic heterocycles. The van der Waals surface area contributed by atoms with Crippen LogP contribution in [0.4, 0.5) is 0 Å². The van der Waals surface area contributed by atoms with Crippen LogP contribution in [-0.2, 0) is 31.5 Å². The van der Waals surface area contributed by atoms with Crippen molar-refractivity contribution in [1.29, 1.82) is 0 Å². The molecule has 2 aliphatic rings. The van der Waals surface area contributed by atoms with Gasteiger partial charge in [0.15, 0.2) is 0 Å². The summed E-state index contributed by atoms with van der Waals surface area (Å²) in [4.78, 5) is 11.5. The number of fused-ring (bicyclic) bond motifs is 4. The van der Waals surface area contributed by atoms with Gasteiger partial charge in [-0.3, -0.25) is 4.98 Å². The SMILES string of the molecule is Cc1ccc2c(n1)CC2(O)Cn1c2c(c3cc(Cl)cnc31)CN(C)CC2. The van der Waals surface area contributed by atoms with Crippen LogP contribution in [-0.4, -0.2) is 38.1 Å². The summed E-state index contributed by atoms with van der Waals surface area (Å²) in [5, 5.41) is 13.0. The molecular weight excluding hydrogens is 348 g/mol. The Labute approximate surface area is 157 Å². The Morgan fingerprint density at radius 3 is 3.00 bits per heavy atom. The zero-order chi connectivity index (χ0) is 18.1. The van der Waals surface area contributed by atoms with Gasteiger partial charge in [-0.25, -0.2) is 4.98 Å². The molecule has 0 aromatic carbocycles. The quantitative estimate of drug-likeness (QED) is 0.755. The average molecular weight is 369 g/mol. The van der Waals surface area contributed by atoms with E-state index in [0.717, 1.165) is 47.5 Å². The van der Waals surface area contributed by atoms with Crippen LogP contribution in [0.2, 0.25) is 5.02 Å². The maximum absolute atomic E-state index is 11.3. The number of pyridine rings is 2. The van der Waals surface area contributed by atoms with Crippen molar-refractivity contribution in [3.8, 4) is 0 Å². The van der Waals surface area contributed by atoms with Crippen LogP contribution < -0.4 is 0 Å². The Morgan fingerprint density at radius 1 is 1.35 bits per heavy atom. The Hall–Kier alpha value is -1.95. The topological polar surface area (TPSA) is 54.2 Å². The first kappa shape index (κ1) is 16.2. The number of halogens is 1. The van der Waals surface area contributed by atoms with Gasteiger partial charge in [-0.2, -0.15) is 0 Å². The van der Waals surface area contributed by atoms with Crippen molar-refractivity contribution in [2.24, 2.45) is 0 Å². The largest absolute Gasteiger partial charge is 0.383 e. The summed E-state index contributed by atoms with van der Waals surface area (Å²) < 4.78 is 2.21. The number of aliphatic hydroxyl groups is 1. The highest BCUT2D eigenvalue weighted by atomic mass is 35.5. The van der Waals surface area contributed by atoms with Gasteiger partial charge in [0.25, 0.3) is 0 Å². The summed E-state index contributed by atoms with van der Waals surface area (Å²) in [7, 11) is 2.13. The van der Waals surface area contributed by atoms with Crippen molar-refractivity contribution in [2.45, 2.75) is 38.5 Å². The molecule has 26 heavy (non-hydrogen) atoms. The lowest BCUT2D eigenvalue weighted by atomic mass is 9.76. The Balaban J connectivity index is 1.63. The summed E-state index contributed by atoms with van der Waals surface area (Å²) >= 11 is 6.22. The monoisotopic (exact) mass is 368 g/mol. The van der Waals surface area contributed by atoms with Crippen LogP contribution in [0, 0.1) is 6.92 Å². The third-order valence-electron chi connectivity index (χ3n) is 5.74. The van der Waals surface area contributed by atoms with E-state index < -0.39 is 5.60 Å². The van der Waals surface area contributed by atoms with E-state index in [0.29, 0.717) is 18.0 Å². The van der Waals surface area contributed by atoms with Crippen LogP contribution in [0.1, 0.15) is 28.2 Å². The fraction of sp³-hybridized carbons (Fsp3) is 0.400. The van der Waals surface area contributed by atoms with Crippen LogP contribution in [0.3, 0.4) is 0 Å². The smallest absolute Gasteiger partial charge is 0.140 e. The molecule has 0 saturated heterocycles. The summed E-state index contributed by atoms with van der Waals surface area (Å²) in [6, 6.07) is 5.98. The molecule has 0 bridgehead atoms. The van der Waals surface area contributed by atoms with E-state index in [1.54, 1.807) is 6.20 Å². The Bertz CT molecular complexity index is 1040.